The van der Waals surface area contributed by atoms with E-state index < -0.39 is 23.3 Å². The van der Waals surface area contributed by atoms with Crippen LogP contribution in [0.4, 0.5) is 11.4 Å². The summed E-state index contributed by atoms with van der Waals surface area (Å²) < 4.78 is 0. The van der Waals surface area contributed by atoms with Gasteiger partial charge in [0.15, 0.2) is 0 Å². The molecule has 3 rings (SSSR count). The van der Waals surface area contributed by atoms with Gasteiger partial charge in [0, 0.05) is 22.9 Å². The first kappa shape index (κ1) is 17.5. The van der Waals surface area contributed by atoms with Gasteiger partial charge in [-0.2, -0.15) is 0 Å². The fraction of sp³-hybridized carbons (Fsp3) is 0.143. The SMILES string of the molecule is CC1(C(=O)O)C=CC=C(C(=O)O)C1c1ccccc1Nc1ccccc1. The number of benzene rings is 2. The highest BCUT2D eigenvalue weighted by Gasteiger charge is 2.46. The van der Waals surface area contributed by atoms with E-state index in [1.807, 2.05) is 42.5 Å². The van der Waals surface area contributed by atoms with Gasteiger partial charge in [-0.3, -0.25) is 4.79 Å². The lowest BCUT2D eigenvalue weighted by Gasteiger charge is -2.35. The molecule has 0 bridgehead atoms. The molecule has 0 amide bonds. The molecule has 1 aliphatic carbocycles. The van der Waals surface area contributed by atoms with Gasteiger partial charge in [-0.05, 0) is 30.7 Å². The number of nitrogens with one attached hydrogen (secondary N) is 1. The quantitative estimate of drug-likeness (QED) is 0.754. The van der Waals surface area contributed by atoms with Gasteiger partial charge in [-0.1, -0.05) is 54.6 Å². The van der Waals surface area contributed by atoms with Crippen LogP contribution in [0.15, 0.2) is 78.4 Å². The third-order valence-corrected chi connectivity index (χ3v) is 4.66. The third kappa shape index (κ3) is 3.11. The zero-order chi connectivity index (χ0) is 18.7. The first-order chi connectivity index (χ1) is 12.4. The van der Waals surface area contributed by atoms with Crippen LogP contribution in [-0.4, -0.2) is 22.2 Å². The Labute approximate surface area is 151 Å². The summed E-state index contributed by atoms with van der Waals surface area (Å²) in [6.07, 6.45) is 4.52. The topological polar surface area (TPSA) is 86.6 Å². The molecule has 0 saturated carbocycles. The maximum Gasteiger partial charge on any atom is 0.332 e. The minimum absolute atomic E-state index is 0.0553. The molecule has 1 aliphatic rings. The van der Waals surface area contributed by atoms with Gasteiger partial charge < -0.3 is 15.5 Å². The number of rotatable bonds is 5. The summed E-state index contributed by atoms with van der Waals surface area (Å²) in [4.78, 5) is 23.8. The van der Waals surface area contributed by atoms with Gasteiger partial charge in [0.25, 0.3) is 0 Å². The molecule has 2 unspecified atom stereocenters. The first-order valence-corrected chi connectivity index (χ1v) is 8.20. The van der Waals surface area contributed by atoms with Crippen LogP contribution in [0.3, 0.4) is 0 Å². The molecule has 0 radical (unpaired) electrons. The van der Waals surface area contributed by atoms with Crippen LogP contribution in [0.1, 0.15) is 18.4 Å². The summed E-state index contributed by atoms with van der Waals surface area (Å²) in [6.45, 7) is 1.55. The number of hydrogen-bond acceptors (Lipinski definition) is 3. The number of aliphatic carboxylic acids is 2. The molecule has 0 fully saturated rings. The van der Waals surface area contributed by atoms with Crippen molar-refractivity contribution >= 4 is 23.3 Å². The number of carboxylic acids is 2. The van der Waals surface area contributed by atoms with Crippen LogP contribution in [0.5, 0.6) is 0 Å². The van der Waals surface area contributed by atoms with E-state index in [0.29, 0.717) is 11.3 Å². The molecule has 0 spiro atoms. The van der Waals surface area contributed by atoms with Gasteiger partial charge in [0.1, 0.15) is 0 Å². The lowest BCUT2D eigenvalue weighted by molar-refractivity contribution is -0.146. The number of allylic oxidation sites excluding steroid dienone is 2. The number of para-hydroxylation sites is 2. The van der Waals surface area contributed by atoms with Crippen LogP contribution < -0.4 is 5.32 Å². The predicted molar refractivity (Wildman–Crippen MR) is 99.5 cm³/mol. The van der Waals surface area contributed by atoms with E-state index in [1.165, 1.54) is 12.2 Å². The highest BCUT2D eigenvalue weighted by atomic mass is 16.4. The fourth-order valence-corrected chi connectivity index (χ4v) is 3.29. The van der Waals surface area contributed by atoms with E-state index in [2.05, 4.69) is 5.32 Å². The van der Waals surface area contributed by atoms with E-state index in [4.69, 9.17) is 0 Å². The Hall–Kier alpha value is -3.34. The standard InChI is InChI=1S/C21H19NO4/c1-21(20(25)26)13-7-11-16(19(23)24)18(21)15-10-5-6-12-17(15)22-14-8-3-2-4-9-14/h2-13,18,22H,1H3,(H,23,24)(H,25,26). The Morgan fingerprint density at radius 1 is 1.00 bits per heavy atom. The molecule has 5 nitrogen and oxygen atoms in total. The zero-order valence-corrected chi connectivity index (χ0v) is 14.2. The van der Waals surface area contributed by atoms with Crippen molar-refractivity contribution in [2.45, 2.75) is 12.8 Å². The highest BCUT2D eigenvalue weighted by Crippen LogP contribution is 2.47. The van der Waals surface area contributed by atoms with Crippen LogP contribution in [0.2, 0.25) is 0 Å². The van der Waals surface area contributed by atoms with Crippen LogP contribution in [-0.2, 0) is 9.59 Å². The monoisotopic (exact) mass is 349 g/mol. The summed E-state index contributed by atoms with van der Waals surface area (Å²) in [6, 6.07) is 16.7. The largest absolute Gasteiger partial charge is 0.481 e. The Bertz CT molecular complexity index is 901. The Balaban J connectivity index is 2.13. The van der Waals surface area contributed by atoms with Crippen LogP contribution >= 0.6 is 0 Å². The number of hydrogen-bond donors (Lipinski definition) is 3. The molecular weight excluding hydrogens is 330 g/mol. The normalized spacial score (nSPS) is 21.7. The Morgan fingerprint density at radius 2 is 1.65 bits per heavy atom. The van der Waals surface area contributed by atoms with Crippen molar-refractivity contribution in [3.8, 4) is 0 Å². The van der Waals surface area contributed by atoms with Gasteiger partial charge >= 0.3 is 11.9 Å². The maximum absolute atomic E-state index is 12.0. The average Bonchev–Trinajstić information content (AvgIpc) is 2.63. The van der Waals surface area contributed by atoms with E-state index in [1.54, 1.807) is 25.1 Å². The van der Waals surface area contributed by atoms with Crippen molar-refractivity contribution in [2.24, 2.45) is 5.41 Å². The predicted octanol–water partition coefficient (Wildman–Crippen LogP) is 4.19. The molecule has 0 aromatic heterocycles. The van der Waals surface area contributed by atoms with E-state index >= 15 is 0 Å². The molecule has 3 N–H and O–H groups in total. The molecular formula is C21H19NO4. The van der Waals surface area contributed by atoms with Crippen LogP contribution in [0.25, 0.3) is 0 Å². The van der Waals surface area contributed by atoms with Gasteiger partial charge in [0.2, 0.25) is 0 Å². The van der Waals surface area contributed by atoms with Crippen molar-refractivity contribution in [3.05, 3.63) is 84.0 Å². The fourth-order valence-electron chi connectivity index (χ4n) is 3.29. The van der Waals surface area contributed by atoms with Crippen molar-refractivity contribution in [1.82, 2.24) is 0 Å². The van der Waals surface area contributed by atoms with Gasteiger partial charge in [-0.25, -0.2) is 4.79 Å². The summed E-state index contributed by atoms with van der Waals surface area (Å²) >= 11 is 0. The molecule has 2 aromatic rings. The van der Waals surface area contributed by atoms with Crippen molar-refractivity contribution in [1.29, 1.82) is 0 Å². The molecule has 132 valence electrons. The third-order valence-electron chi connectivity index (χ3n) is 4.66. The second-order valence-electron chi connectivity index (χ2n) is 6.39. The molecule has 2 atom stereocenters. The van der Waals surface area contributed by atoms with Crippen LogP contribution in [0, 0.1) is 5.41 Å². The lowest BCUT2D eigenvalue weighted by Crippen LogP contribution is -2.37. The summed E-state index contributed by atoms with van der Waals surface area (Å²) in [7, 11) is 0. The smallest absolute Gasteiger partial charge is 0.332 e. The minimum atomic E-state index is -1.36. The molecule has 0 aliphatic heterocycles. The summed E-state index contributed by atoms with van der Waals surface area (Å²) in [5, 5.41) is 22.7. The Morgan fingerprint density at radius 3 is 2.31 bits per heavy atom. The summed E-state index contributed by atoms with van der Waals surface area (Å²) in [5.74, 6) is -3.02. The maximum atomic E-state index is 12.0. The molecule has 2 aromatic carbocycles. The van der Waals surface area contributed by atoms with Gasteiger partial charge in [-0.15, -0.1) is 0 Å². The number of anilines is 2. The van der Waals surface area contributed by atoms with Crippen molar-refractivity contribution in [3.63, 3.8) is 0 Å². The number of carboxylic acid groups (broad SMARTS) is 2. The van der Waals surface area contributed by atoms with Crippen molar-refractivity contribution < 1.29 is 19.8 Å². The molecule has 5 heteroatoms. The second kappa shape index (κ2) is 6.88. The van der Waals surface area contributed by atoms with E-state index in [9.17, 15) is 19.8 Å². The van der Waals surface area contributed by atoms with E-state index in [0.717, 1.165) is 5.69 Å². The van der Waals surface area contributed by atoms with Crippen molar-refractivity contribution in [2.75, 3.05) is 5.32 Å². The molecule has 0 saturated heterocycles. The minimum Gasteiger partial charge on any atom is -0.481 e. The lowest BCUT2D eigenvalue weighted by atomic mass is 9.67. The molecule has 26 heavy (non-hydrogen) atoms. The molecule has 0 heterocycles. The average molecular weight is 349 g/mol. The summed E-state index contributed by atoms with van der Waals surface area (Å²) in [5.41, 5.74) is 0.832. The Kier molecular flexibility index (Phi) is 4.63. The van der Waals surface area contributed by atoms with Gasteiger partial charge in [0.05, 0.1) is 5.41 Å². The second-order valence-corrected chi connectivity index (χ2v) is 6.39. The zero-order valence-electron chi connectivity index (χ0n) is 14.2. The number of carbonyl (C=O) groups is 2. The van der Waals surface area contributed by atoms with E-state index in [-0.39, 0.29) is 5.57 Å². The first-order valence-electron chi connectivity index (χ1n) is 8.20. The highest BCUT2D eigenvalue weighted by molar-refractivity contribution is 5.93.